The fraction of sp³-hybridized carbons (Fsp3) is 0.890. The number of esters is 6. The summed E-state index contributed by atoms with van der Waals surface area (Å²) in [5, 5.41) is 22.3. The molecule has 770 valence electrons. The average molecular weight is 1880 g/mol. The van der Waals surface area contributed by atoms with E-state index in [9.17, 15) is 0 Å². The number of carbonyl (C=O) groups excluding carboxylic acids is 6. The molecule has 24 heteroatoms. The van der Waals surface area contributed by atoms with E-state index in [1.807, 2.05) is 0 Å². The van der Waals surface area contributed by atoms with Crippen molar-refractivity contribution in [1.29, 1.82) is 0 Å². The second kappa shape index (κ2) is 53.4. The Bertz CT molecular complexity index is 3260. The Balaban J connectivity index is 1.37. The van der Waals surface area contributed by atoms with Crippen molar-refractivity contribution >= 4 is 35.8 Å². The van der Waals surface area contributed by atoms with Crippen molar-refractivity contribution in [2.75, 3.05) is 85.8 Å². The lowest BCUT2D eigenvalue weighted by Gasteiger charge is -2.46. The van der Waals surface area contributed by atoms with Crippen LogP contribution in [0.4, 0.5) is 0 Å². The van der Waals surface area contributed by atoms with Crippen molar-refractivity contribution in [1.82, 2.24) is 31.9 Å². The Morgan fingerprint density at radius 1 is 0.301 bits per heavy atom. The smallest absolute Gasteiger partial charge is 0.323 e. The first kappa shape index (κ1) is 117. The van der Waals surface area contributed by atoms with Crippen LogP contribution in [0.3, 0.4) is 0 Å². The third kappa shape index (κ3) is 41.7. The molecule has 1 aromatic rings. The molecule has 2 atom stereocenters. The van der Waals surface area contributed by atoms with E-state index in [0.29, 0.717) is 136 Å². The molecule has 0 spiro atoms. The summed E-state index contributed by atoms with van der Waals surface area (Å²) in [6, 6.07) is 6.49. The number of carbonyl (C=O) groups is 6. The minimum Gasteiger partial charge on any atom is -0.465 e. The highest BCUT2D eigenvalue weighted by Gasteiger charge is 2.52. The fourth-order valence-electron chi connectivity index (χ4n) is 23.4. The molecule has 24 nitrogen and oxygen atoms in total. The third-order valence-corrected chi connectivity index (χ3v) is 27.6. The van der Waals surface area contributed by atoms with Gasteiger partial charge in [-0.25, -0.2) is 0 Å². The molecule has 0 bridgehead atoms. The molecule has 2 unspecified atom stereocenters. The summed E-state index contributed by atoms with van der Waals surface area (Å²) in [4.78, 5) is 92.0. The largest absolute Gasteiger partial charge is 0.465 e. The lowest BCUT2D eigenvalue weighted by molar-refractivity contribution is -0.176. The average Bonchev–Trinajstić information content (AvgIpc) is 0.727. The van der Waals surface area contributed by atoms with E-state index in [0.717, 1.165) is 126 Å². The number of unbranched alkanes of at least 4 members (excludes halogenated alkanes) is 3. The van der Waals surface area contributed by atoms with Gasteiger partial charge in [0, 0.05) is 99.5 Å². The maximum absolute atomic E-state index is 15.3. The molecular weight excluding hydrogens is 1680 g/mol. The molecule has 5 heterocycles. The van der Waals surface area contributed by atoms with E-state index >= 15 is 28.8 Å². The Labute approximate surface area is 808 Å². The van der Waals surface area contributed by atoms with Crippen molar-refractivity contribution < 1.29 is 85.6 Å². The van der Waals surface area contributed by atoms with Crippen LogP contribution in [-0.2, 0) is 105 Å². The Kier molecular flexibility index (Phi) is 47.1. The molecule has 0 aliphatic carbocycles. The van der Waals surface area contributed by atoms with Gasteiger partial charge >= 0.3 is 35.8 Å². The van der Waals surface area contributed by atoms with Crippen LogP contribution in [0.2, 0.25) is 0 Å². The highest BCUT2D eigenvalue weighted by atomic mass is 16.6. The fourth-order valence-corrected chi connectivity index (χ4v) is 23.4. The van der Waals surface area contributed by atoms with E-state index in [1.54, 1.807) is 0 Å². The molecule has 1 aromatic carbocycles. The molecule has 5 aliphatic heterocycles. The van der Waals surface area contributed by atoms with Crippen LogP contribution in [0.1, 0.15) is 422 Å². The number of piperidine rings is 5. The number of nitrogens with one attached hydrogen (secondary N) is 6. The van der Waals surface area contributed by atoms with Gasteiger partial charge in [0.15, 0.2) is 16.2 Å². The van der Waals surface area contributed by atoms with Crippen LogP contribution < -0.4 is 31.9 Å². The lowest BCUT2D eigenvalue weighted by Crippen LogP contribution is -2.59. The van der Waals surface area contributed by atoms with E-state index in [-0.39, 0.29) is 176 Å². The summed E-state index contributed by atoms with van der Waals surface area (Å²) in [5.41, 5.74) is -3.33. The van der Waals surface area contributed by atoms with Crippen molar-refractivity contribution in [3.8, 4) is 0 Å². The van der Waals surface area contributed by atoms with Crippen LogP contribution >= 0.6 is 0 Å². The zero-order chi connectivity index (χ0) is 98.9. The Hall–Kier alpha value is -4.44. The van der Waals surface area contributed by atoms with E-state index in [2.05, 4.69) is 237 Å². The van der Waals surface area contributed by atoms with Gasteiger partial charge in [-0.3, -0.25) is 28.8 Å². The molecule has 6 N–H and O–H groups in total. The number of rotatable bonds is 63. The summed E-state index contributed by atoms with van der Waals surface area (Å²) in [5.74, 6) is -3.60. The van der Waals surface area contributed by atoms with Gasteiger partial charge in [0.05, 0.1) is 116 Å². The molecule has 133 heavy (non-hydrogen) atoms. The number of ether oxygens (including phenoxy) is 12. The monoisotopic (exact) mass is 1880 g/mol. The van der Waals surface area contributed by atoms with Crippen LogP contribution in [0, 0.1) is 16.2 Å². The van der Waals surface area contributed by atoms with Crippen molar-refractivity contribution in [3.63, 3.8) is 0 Å². The van der Waals surface area contributed by atoms with Crippen molar-refractivity contribution in [2.24, 2.45) is 16.2 Å². The van der Waals surface area contributed by atoms with Crippen LogP contribution in [-0.4, -0.2) is 219 Å². The molecular formula is C109H196N6O18. The lowest BCUT2D eigenvalue weighted by atomic mass is 9.77. The maximum atomic E-state index is 15.3. The molecule has 5 saturated heterocycles. The van der Waals surface area contributed by atoms with Gasteiger partial charge in [-0.05, 0) is 330 Å². The van der Waals surface area contributed by atoms with Crippen molar-refractivity contribution in [2.45, 2.75) is 522 Å². The van der Waals surface area contributed by atoms with Gasteiger partial charge in [0.2, 0.25) is 0 Å². The summed E-state index contributed by atoms with van der Waals surface area (Å²) in [6.45, 7) is 62.3. The predicted molar refractivity (Wildman–Crippen MR) is 533 cm³/mol. The SMILES string of the molecule is CCCCC(CCCc1cc(CCCC(CCCC)(C(=O)OCCCOC2CC(C)(C)NC(C)(C)C2)C(=O)OCCCOC2CC(C)(C)NC(C)(C)C2)cc(CCCC(CCCC)(C(=O)OCCCOC2CC(C)(C)NC(C)(C)C2)C(=O)OCCCOC2CC(C)(C)NC(C)(C)C2)c1)(C(=O)OCCCOC(CCC)CC(C)(C)NCC)C(=O)OCCCOC1CC(C)(C)NC(C)(C)C1. The van der Waals surface area contributed by atoms with E-state index in [4.69, 9.17) is 56.8 Å². The predicted octanol–water partition coefficient (Wildman–Crippen LogP) is 20.4. The van der Waals surface area contributed by atoms with Gasteiger partial charge in [-0.2, -0.15) is 0 Å². The molecule has 0 radical (unpaired) electrons. The second-order valence-electron chi connectivity index (χ2n) is 48.1. The maximum Gasteiger partial charge on any atom is 0.323 e. The minimum absolute atomic E-state index is 0.0146. The van der Waals surface area contributed by atoms with Crippen LogP contribution in [0.15, 0.2) is 18.2 Å². The highest BCUT2D eigenvalue weighted by molar-refractivity contribution is 6.01. The number of hydrogen-bond acceptors (Lipinski definition) is 24. The van der Waals surface area contributed by atoms with Crippen molar-refractivity contribution in [3.05, 3.63) is 34.9 Å². The quantitative estimate of drug-likeness (QED) is 0.0153. The number of hydrogen-bond donors (Lipinski definition) is 6. The van der Waals surface area contributed by atoms with E-state index in [1.165, 1.54) is 0 Å². The van der Waals surface area contributed by atoms with Gasteiger partial charge < -0.3 is 88.7 Å². The van der Waals surface area contributed by atoms with Crippen LogP contribution in [0.25, 0.3) is 0 Å². The molecule has 5 aliphatic rings. The molecule has 0 amide bonds. The van der Waals surface area contributed by atoms with Crippen LogP contribution in [0.5, 0.6) is 0 Å². The Morgan fingerprint density at radius 2 is 0.504 bits per heavy atom. The summed E-state index contributed by atoms with van der Waals surface area (Å²) >= 11 is 0. The number of aryl methyl sites for hydroxylation is 3. The minimum atomic E-state index is -1.63. The van der Waals surface area contributed by atoms with E-state index < -0.39 is 52.1 Å². The summed E-state index contributed by atoms with van der Waals surface area (Å²) in [7, 11) is 0. The molecule has 6 rings (SSSR count). The summed E-state index contributed by atoms with van der Waals surface area (Å²) in [6.07, 6.45) is 21.5. The molecule has 5 fully saturated rings. The normalized spacial score (nSPS) is 20.9. The number of benzene rings is 1. The zero-order valence-corrected chi connectivity index (χ0v) is 89.4. The zero-order valence-electron chi connectivity index (χ0n) is 89.4. The Morgan fingerprint density at radius 3 is 0.699 bits per heavy atom. The third-order valence-electron chi connectivity index (χ3n) is 27.6. The van der Waals surface area contributed by atoms with Gasteiger partial charge in [-0.1, -0.05) is 97.8 Å². The van der Waals surface area contributed by atoms with Gasteiger partial charge in [-0.15, -0.1) is 0 Å². The van der Waals surface area contributed by atoms with Gasteiger partial charge in [0.25, 0.3) is 0 Å². The summed E-state index contributed by atoms with van der Waals surface area (Å²) < 4.78 is 76.8. The topological polar surface area (TPSA) is 285 Å². The highest BCUT2D eigenvalue weighted by Crippen LogP contribution is 2.42. The second-order valence-corrected chi connectivity index (χ2v) is 48.1. The first-order valence-corrected chi connectivity index (χ1v) is 52.7. The first-order chi connectivity index (χ1) is 62.1. The molecule has 0 aromatic heterocycles. The first-order valence-electron chi connectivity index (χ1n) is 52.7. The molecule has 0 saturated carbocycles. The standard InChI is InChI=1S/C109H196N6O18/c1-28-33-49-107(90(116)128-61-39-55-122-84(45-31-4)70-96(6,7)110-32-5,91(117)129-62-40-56-123-85-71-97(8,9)111-98(10,11)72-85)52-36-46-81-67-82(47-37-53-108(50-34-29-2,92(118)130-63-41-57-124-86-73-99(12,13)112-100(14,15)74-86)93(119)131-64-42-58-125-87-75-101(16,17)113-102(18,19)76-87)69-83(68-81)48-38-54-109(51-35-30-3,94(120)132-65-43-59-126-88-77-103(20,21)114-104(22,23)78-88)95(121)133-66-44-60-127-89-79-105(24,25)115-106(26,27)80-89/h67-69,84-89,110-115H,28-66,70-80H2,1-27H3. The van der Waals surface area contributed by atoms with Gasteiger partial charge in [0.1, 0.15) is 0 Å².